The minimum absolute atomic E-state index is 0.0575. The molecule has 0 bridgehead atoms. The maximum Gasteiger partial charge on any atom is 0.221 e. The van der Waals surface area contributed by atoms with Crippen LogP contribution in [-0.4, -0.2) is 42.5 Å². The minimum atomic E-state index is -0.0575. The lowest BCUT2D eigenvalue weighted by molar-refractivity contribution is -0.121. The molecule has 17 heavy (non-hydrogen) atoms. The van der Waals surface area contributed by atoms with E-state index >= 15 is 0 Å². The fourth-order valence-corrected chi connectivity index (χ4v) is 1.86. The molecule has 0 aromatic rings. The molecule has 102 valence electrons. The summed E-state index contributed by atoms with van der Waals surface area (Å²) < 4.78 is 0. The second-order valence-corrected chi connectivity index (χ2v) is 4.82. The van der Waals surface area contributed by atoms with E-state index in [1.807, 2.05) is 6.92 Å². The summed E-state index contributed by atoms with van der Waals surface area (Å²) in [4.78, 5) is 13.9. The lowest BCUT2D eigenvalue weighted by Crippen LogP contribution is -2.36. The molecule has 1 amide bonds. The Labute approximate surface area is 106 Å². The molecular weight excluding hydrogens is 214 g/mol. The zero-order valence-corrected chi connectivity index (χ0v) is 11.8. The fraction of sp³-hybridized carbons (Fsp3) is 0.923. The van der Waals surface area contributed by atoms with E-state index in [0.29, 0.717) is 6.42 Å². The fourth-order valence-electron chi connectivity index (χ4n) is 1.86. The zero-order valence-electron chi connectivity index (χ0n) is 11.8. The van der Waals surface area contributed by atoms with E-state index in [1.54, 1.807) is 0 Å². The molecule has 4 nitrogen and oxygen atoms in total. The summed E-state index contributed by atoms with van der Waals surface area (Å²) >= 11 is 0. The molecule has 0 aliphatic carbocycles. The monoisotopic (exact) mass is 243 g/mol. The predicted octanol–water partition coefficient (Wildman–Crippen LogP) is 1.35. The van der Waals surface area contributed by atoms with Crippen LogP contribution in [0.3, 0.4) is 0 Å². The van der Waals surface area contributed by atoms with Crippen LogP contribution in [0.4, 0.5) is 0 Å². The molecule has 0 aromatic heterocycles. The van der Waals surface area contributed by atoms with Crippen molar-refractivity contribution in [2.24, 2.45) is 5.73 Å². The third-order valence-corrected chi connectivity index (χ3v) is 2.92. The Bertz CT molecular complexity index is 203. The molecule has 0 rings (SSSR count). The summed E-state index contributed by atoms with van der Waals surface area (Å²) in [5.74, 6) is 0.0651. The van der Waals surface area contributed by atoms with Gasteiger partial charge in [-0.2, -0.15) is 0 Å². The van der Waals surface area contributed by atoms with E-state index in [1.165, 1.54) is 0 Å². The summed E-state index contributed by atoms with van der Waals surface area (Å²) in [6.07, 6.45) is 2.57. The molecule has 2 unspecified atom stereocenters. The van der Waals surface area contributed by atoms with Crippen molar-refractivity contribution >= 4 is 5.91 Å². The molecule has 0 heterocycles. The number of carbonyl (C=O) groups is 1. The number of carbonyl (C=O) groups excluding carboxylic acids is 1. The number of nitrogens with two attached hydrogens (primary N) is 1. The first-order chi connectivity index (χ1) is 7.99. The Morgan fingerprint density at radius 3 is 2.35 bits per heavy atom. The lowest BCUT2D eigenvalue weighted by atomic mass is 10.1. The van der Waals surface area contributed by atoms with E-state index in [9.17, 15) is 4.79 Å². The zero-order chi connectivity index (χ0) is 13.3. The average molecular weight is 243 g/mol. The normalized spacial score (nSPS) is 14.7. The highest BCUT2D eigenvalue weighted by atomic mass is 16.1. The van der Waals surface area contributed by atoms with Gasteiger partial charge in [0.15, 0.2) is 0 Å². The van der Waals surface area contributed by atoms with Crippen LogP contribution in [0.2, 0.25) is 0 Å². The van der Waals surface area contributed by atoms with Crippen LogP contribution in [0.25, 0.3) is 0 Å². The average Bonchev–Trinajstić information content (AvgIpc) is 2.23. The van der Waals surface area contributed by atoms with Crippen molar-refractivity contribution in [2.75, 3.05) is 19.6 Å². The second-order valence-electron chi connectivity index (χ2n) is 4.82. The summed E-state index contributed by atoms with van der Waals surface area (Å²) in [6.45, 7) is 11.6. The first kappa shape index (κ1) is 16.4. The SMILES string of the molecule is CCN(CC)CCCC(C)NC(=O)CC(C)N. The van der Waals surface area contributed by atoms with Crippen molar-refractivity contribution in [3.05, 3.63) is 0 Å². The molecule has 0 aromatic carbocycles. The van der Waals surface area contributed by atoms with Gasteiger partial charge in [-0.25, -0.2) is 0 Å². The molecule has 0 radical (unpaired) electrons. The van der Waals surface area contributed by atoms with Gasteiger partial charge in [0, 0.05) is 18.5 Å². The largest absolute Gasteiger partial charge is 0.354 e. The number of nitrogens with zero attached hydrogens (tertiary/aromatic N) is 1. The van der Waals surface area contributed by atoms with Crippen molar-refractivity contribution in [2.45, 2.75) is 59.0 Å². The van der Waals surface area contributed by atoms with Crippen molar-refractivity contribution in [3.8, 4) is 0 Å². The molecule has 4 heteroatoms. The van der Waals surface area contributed by atoms with Crippen LogP contribution in [0.5, 0.6) is 0 Å². The van der Waals surface area contributed by atoms with Crippen molar-refractivity contribution < 1.29 is 4.79 Å². The topological polar surface area (TPSA) is 58.4 Å². The van der Waals surface area contributed by atoms with E-state index < -0.39 is 0 Å². The molecule has 0 aliphatic heterocycles. The Morgan fingerprint density at radius 1 is 1.29 bits per heavy atom. The molecule has 0 aliphatic rings. The summed E-state index contributed by atoms with van der Waals surface area (Å²) in [5.41, 5.74) is 5.58. The quantitative estimate of drug-likeness (QED) is 0.643. The Morgan fingerprint density at radius 2 is 1.88 bits per heavy atom. The van der Waals surface area contributed by atoms with Crippen LogP contribution in [0.15, 0.2) is 0 Å². The van der Waals surface area contributed by atoms with Crippen LogP contribution >= 0.6 is 0 Å². The number of hydrogen-bond donors (Lipinski definition) is 2. The van der Waals surface area contributed by atoms with E-state index in [-0.39, 0.29) is 18.0 Å². The standard InChI is InChI=1S/C13H29N3O/c1-5-16(6-2)9-7-8-12(4)15-13(17)10-11(3)14/h11-12H,5-10,14H2,1-4H3,(H,15,17). The third kappa shape index (κ3) is 9.12. The highest BCUT2D eigenvalue weighted by Gasteiger charge is 2.09. The van der Waals surface area contributed by atoms with E-state index in [2.05, 4.69) is 31.0 Å². The lowest BCUT2D eigenvalue weighted by Gasteiger charge is -2.20. The van der Waals surface area contributed by atoms with Gasteiger partial charge in [-0.1, -0.05) is 13.8 Å². The Hall–Kier alpha value is -0.610. The predicted molar refractivity (Wildman–Crippen MR) is 72.9 cm³/mol. The molecule has 0 saturated carbocycles. The smallest absolute Gasteiger partial charge is 0.221 e. The van der Waals surface area contributed by atoms with Gasteiger partial charge >= 0.3 is 0 Å². The van der Waals surface area contributed by atoms with Gasteiger partial charge in [-0.05, 0) is 46.3 Å². The van der Waals surface area contributed by atoms with Gasteiger partial charge in [0.25, 0.3) is 0 Å². The second kappa shape index (κ2) is 9.42. The van der Waals surface area contributed by atoms with E-state index in [0.717, 1.165) is 32.5 Å². The molecule has 2 atom stereocenters. The van der Waals surface area contributed by atoms with Gasteiger partial charge in [0.2, 0.25) is 5.91 Å². The Balaban J connectivity index is 3.65. The van der Waals surface area contributed by atoms with Gasteiger partial charge in [-0.15, -0.1) is 0 Å². The molecule has 0 saturated heterocycles. The van der Waals surface area contributed by atoms with Gasteiger partial charge < -0.3 is 16.0 Å². The van der Waals surface area contributed by atoms with Gasteiger partial charge in [0.1, 0.15) is 0 Å². The van der Waals surface area contributed by atoms with Crippen LogP contribution < -0.4 is 11.1 Å². The number of amides is 1. The maximum absolute atomic E-state index is 11.5. The highest BCUT2D eigenvalue weighted by molar-refractivity contribution is 5.76. The van der Waals surface area contributed by atoms with Crippen LogP contribution in [0.1, 0.15) is 47.0 Å². The Kier molecular flexibility index (Phi) is 9.09. The summed E-state index contributed by atoms with van der Waals surface area (Å²) in [6, 6.07) is 0.190. The van der Waals surface area contributed by atoms with Crippen LogP contribution in [0, 0.1) is 0 Å². The summed E-state index contributed by atoms with van der Waals surface area (Å²) in [5, 5.41) is 2.98. The maximum atomic E-state index is 11.5. The molecule has 3 N–H and O–H groups in total. The molecule has 0 fully saturated rings. The van der Waals surface area contributed by atoms with Crippen molar-refractivity contribution in [1.29, 1.82) is 0 Å². The van der Waals surface area contributed by atoms with E-state index in [4.69, 9.17) is 5.73 Å². The molecule has 0 spiro atoms. The van der Waals surface area contributed by atoms with Gasteiger partial charge in [-0.3, -0.25) is 4.79 Å². The third-order valence-electron chi connectivity index (χ3n) is 2.92. The minimum Gasteiger partial charge on any atom is -0.354 e. The number of hydrogen-bond acceptors (Lipinski definition) is 3. The number of rotatable bonds is 9. The number of nitrogens with one attached hydrogen (secondary N) is 1. The first-order valence-corrected chi connectivity index (χ1v) is 6.76. The highest BCUT2D eigenvalue weighted by Crippen LogP contribution is 2.00. The van der Waals surface area contributed by atoms with Crippen LogP contribution in [-0.2, 0) is 4.79 Å². The van der Waals surface area contributed by atoms with Gasteiger partial charge in [0.05, 0.1) is 0 Å². The summed E-state index contributed by atoms with van der Waals surface area (Å²) in [7, 11) is 0. The van der Waals surface area contributed by atoms with Crippen molar-refractivity contribution in [1.82, 2.24) is 10.2 Å². The van der Waals surface area contributed by atoms with Crippen molar-refractivity contribution in [3.63, 3.8) is 0 Å². The molecular formula is C13H29N3O. The first-order valence-electron chi connectivity index (χ1n) is 6.76.